The number of hydrogen-bond acceptors (Lipinski definition) is 1. The van der Waals surface area contributed by atoms with E-state index in [1.165, 1.54) is 16.3 Å². The highest BCUT2D eigenvalue weighted by molar-refractivity contribution is 6.70. The molecule has 0 amide bonds. The Morgan fingerprint density at radius 2 is 1.69 bits per heavy atom. The van der Waals surface area contributed by atoms with Gasteiger partial charge >= 0.3 is 0 Å². The van der Waals surface area contributed by atoms with Crippen LogP contribution in [-0.4, -0.2) is 15.4 Å². The quantitative estimate of drug-likeness (QED) is 0.729. The average Bonchev–Trinajstić information content (AvgIpc) is 2.29. The van der Waals surface area contributed by atoms with Gasteiger partial charge in [-0.25, -0.2) is 0 Å². The molecular formula is C14H18OSi. The topological polar surface area (TPSA) is 9.23 Å². The molecule has 0 aliphatic heterocycles. The maximum atomic E-state index is 5.63. The monoisotopic (exact) mass is 230 g/mol. The van der Waals surface area contributed by atoms with E-state index in [1.807, 2.05) is 7.11 Å². The van der Waals surface area contributed by atoms with Crippen LogP contribution in [0.2, 0.25) is 13.1 Å². The first-order valence-corrected chi connectivity index (χ1v) is 8.76. The van der Waals surface area contributed by atoms with Crippen LogP contribution in [0.4, 0.5) is 0 Å². The number of hydrogen-bond donors (Lipinski definition) is 0. The Bertz CT molecular complexity index is 486. The number of rotatable bonds is 3. The smallest absolute Gasteiger partial charge is 0.190 e. The van der Waals surface area contributed by atoms with E-state index in [-0.39, 0.29) is 0 Å². The van der Waals surface area contributed by atoms with Gasteiger partial charge in [0.1, 0.15) is 0 Å². The standard InChI is InChI=1S/C14H18OSi/c1-15-16(2,3)11-13-9-6-8-12-7-4-5-10-14(12)13/h4-10H,11H2,1-3H3. The molecule has 16 heavy (non-hydrogen) atoms. The van der Waals surface area contributed by atoms with Crippen LogP contribution >= 0.6 is 0 Å². The van der Waals surface area contributed by atoms with Crippen LogP contribution in [0.1, 0.15) is 5.56 Å². The summed E-state index contributed by atoms with van der Waals surface area (Å²) in [6, 6.07) is 16.2. The van der Waals surface area contributed by atoms with Crippen molar-refractivity contribution in [3.05, 3.63) is 48.0 Å². The summed E-state index contributed by atoms with van der Waals surface area (Å²) in [7, 11) is 0.295. The maximum absolute atomic E-state index is 5.63. The van der Waals surface area contributed by atoms with E-state index < -0.39 is 8.32 Å². The lowest BCUT2D eigenvalue weighted by Crippen LogP contribution is -2.32. The molecule has 0 N–H and O–H groups in total. The van der Waals surface area contributed by atoms with E-state index >= 15 is 0 Å². The Labute approximate surface area is 98.2 Å². The fourth-order valence-electron chi connectivity index (χ4n) is 1.98. The average molecular weight is 230 g/mol. The third-order valence-electron chi connectivity index (χ3n) is 3.05. The largest absolute Gasteiger partial charge is 0.420 e. The Morgan fingerprint density at radius 1 is 1.00 bits per heavy atom. The molecule has 0 spiro atoms. The zero-order chi connectivity index (χ0) is 11.6. The molecule has 0 saturated heterocycles. The first-order valence-electron chi connectivity index (χ1n) is 5.64. The summed E-state index contributed by atoms with van der Waals surface area (Å²) in [5.74, 6) is 0. The van der Waals surface area contributed by atoms with E-state index in [4.69, 9.17) is 4.43 Å². The van der Waals surface area contributed by atoms with Gasteiger partial charge in [0.05, 0.1) is 0 Å². The summed E-state index contributed by atoms with van der Waals surface area (Å²) in [6.07, 6.45) is 0. The summed E-state index contributed by atoms with van der Waals surface area (Å²) >= 11 is 0. The molecule has 0 saturated carbocycles. The van der Waals surface area contributed by atoms with Crippen molar-refractivity contribution in [2.24, 2.45) is 0 Å². The second kappa shape index (κ2) is 4.40. The van der Waals surface area contributed by atoms with Gasteiger partial charge < -0.3 is 4.43 Å². The van der Waals surface area contributed by atoms with Crippen molar-refractivity contribution >= 4 is 19.1 Å². The first-order chi connectivity index (χ1) is 7.62. The molecule has 0 atom stereocenters. The van der Waals surface area contributed by atoms with Crippen molar-refractivity contribution in [2.75, 3.05) is 7.11 Å². The molecule has 0 heterocycles. The molecule has 84 valence electrons. The Kier molecular flexibility index (Phi) is 3.12. The molecule has 2 aromatic carbocycles. The zero-order valence-electron chi connectivity index (χ0n) is 10.2. The fourth-order valence-corrected chi connectivity index (χ4v) is 3.35. The SMILES string of the molecule is CO[Si](C)(C)Cc1cccc2ccccc12. The number of fused-ring (bicyclic) bond motifs is 1. The molecule has 0 aromatic heterocycles. The van der Waals surface area contributed by atoms with Gasteiger partial charge in [0.15, 0.2) is 8.32 Å². The van der Waals surface area contributed by atoms with Crippen LogP contribution in [0, 0.1) is 0 Å². The Hall–Kier alpha value is -1.12. The molecule has 0 bridgehead atoms. The first kappa shape index (κ1) is 11.4. The van der Waals surface area contributed by atoms with Crippen LogP contribution in [0.3, 0.4) is 0 Å². The van der Waals surface area contributed by atoms with Gasteiger partial charge in [-0.3, -0.25) is 0 Å². The van der Waals surface area contributed by atoms with Crippen LogP contribution in [0.15, 0.2) is 42.5 Å². The van der Waals surface area contributed by atoms with Crippen molar-refractivity contribution < 1.29 is 4.43 Å². The van der Waals surface area contributed by atoms with Crippen LogP contribution in [0.25, 0.3) is 10.8 Å². The van der Waals surface area contributed by atoms with Crippen molar-refractivity contribution in [3.8, 4) is 0 Å². The van der Waals surface area contributed by atoms with Gasteiger partial charge in [0.2, 0.25) is 0 Å². The van der Waals surface area contributed by atoms with E-state index in [0.29, 0.717) is 0 Å². The lowest BCUT2D eigenvalue weighted by atomic mass is 10.1. The van der Waals surface area contributed by atoms with Gasteiger partial charge in [0, 0.05) is 7.11 Å². The molecule has 0 radical (unpaired) electrons. The molecule has 0 unspecified atom stereocenters. The van der Waals surface area contributed by atoms with E-state index in [2.05, 4.69) is 55.6 Å². The third kappa shape index (κ3) is 2.34. The normalized spacial score (nSPS) is 11.9. The second-order valence-corrected chi connectivity index (χ2v) is 9.06. The summed E-state index contributed by atoms with van der Waals surface area (Å²) in [6.45, 7) is 4.52. The third-order valence-corrected chi connectivity index (χ3v) is 5.39. The zero-order valence-corrected chi connectivity index (χ0v) is 11.2. The van der Waals surface area contributed by atoms with E-state index in [0.717, 1.165) is 6.04 Å². The molecule has 0 aliphatic rings. The lowest BCUT2D eigenvalue weighted by Gasteiger charge is -2.20. The van der Waals surface area contributed by atoms with Gasteiger partial charge in [0.25, 0.3) is 0 Å². The van der Waals surface area contributed by atoms with E-state index in [1.54, 1.807) is 0 Å². The van der Waals surface area contributed by atoms with Gasteiger partial charge in [-0.1, -0.05) is 42.5 Å². The summed E-state index contributed by atoms with van der Waals surface area (Å²) in [4.78, 5) is 0. The van der Waals surface area contributed by atoms with Crippen molar-refractivity contribution in [2.45, 2.75) is 19.1 Å². The summed E-state index contributed by atoms with van der Waals surface area (Å²) < 4.78 is 5.63. The summed E-state index contributed by atoms with van der Waals surface area (Å²) in [5.41, 5.74) is 1.41. The molecule has 0 fully saturated rings. The molecule has 2 heteroatoms. The van der Waals surface area contributed by atoms with Crippen molar-refractivity contribution in [3.63, 3.8) is 0 Å². The Morgan fingerprint density at radius 3 is 2.44 bits per heavy atom. The highest BCUT2D eigenvalue weighted by Gasteiger charge is 2.21. The predicted molar refractivity (Wildman–Crippen MR) is 72.1 cm³/mol. The molecule has 1 nitrogen and oxygen atoms in total. The van der Waals surface area contributed by atoms with Gasteiger partial charge in [-0.15, -0.1) is 0 Å². The van der Waals surface area contributed by atoms with E-state index in [9.17, 15) is 0 Å². The molecule has 2 aromatic rings. The van der Waals surface area contributed by atoms with Crippen LogP contribution < -0.4 is 0 Å². The minimum atomic E-state index is -1.54. The number of benzene rings is 2. The fraction of sp³-hybridized carbons (Fsp3) is 0.286. The van der Waals surface area contributed by atoms with Crippen molar-refractivity contribution in [1.29, 1.82) is 0 Å². The molecule has 0 aliphatic carbocycles. The molecular weight excluding hydrogens is 212 g/mol. The van der Waals surface area contributed by atoms with Crippen molar-refractivity contribution in [1.82, 2.24) is 0 Å². The molecule has 2 rings (SSSR count). The predicted octanol–water partition coefficient (Wildman–Crippen LogP) is 3.77. The Balaban J connectivity index is 2.45. The highest BCUT2D eigenvalue weighted by atomic mass is 28.4. The van der Waals surface area contributed by atoms with Gasteiger partial charge in [-0.05, 0) is 35.5 Å². The highest BCUT2D eigenvalue weighted by Crippen LogP contribution is 2.22. The van der Waals surface area contributed by atoms with Crippen LogP contribution in [0.5, 0.6) is 0 Å². The maximum Gasteiger partial charge on any atom is 0.190 e. The minimum absolute atomic E-state index is 1.07. The lowest BCUT2D eigenvalue weighted by molar-refractivity contribution is 0.403. The summed E-state index contributed by atoms with van der Waals surface area (Å²) in [5, 5.41) is 2.68. The second-order valence-electron chi connectivity index (χ2n) is 4.78. The van der Waals surface area contributed by atoms with Crippen LogP contribution in [-0.2, 0) is 10.5 Å². The minimum Gasteiger partial charge on any atom is -0.420 e. The van der Waals surface area contributed by atoms with Gasteiger partial charge in [-0.2, -0.15) is 0 Å².